The number of nitrogens with one attached hydrogen (secondary N) is 1. The van der Waals surface area contributed by atoms with Crippen LogP contribution in [0.25, 0.3) is 0 Å². The Morgan fingerprint density at radius 1 is 1.09 bits per heavy atom. The van der Waals surface area contributed by atoms with E-state index in [1.165, 1.54) is 43.0 Å². The number of rotatable bonds is 9. The third-order valence-corrected chi connectivity index (χ3v) is 6.49. The minimum Gasteiger partial charge on any atom is -0.350 e. The number of nitrogens with zero attached hydrogens (tertiary/aromatic N) is 3. The first kappa shape index (κ1) is 23.7. The third kappa shape index (κ3) is 6.76. The highest BCUT2D eigenvalue weighted by molar-refractivity contribution is 7.92. The van der Waals surface area contributed by atoms with Crippen LogP contribution < -0.4 is 9.62 Å². The third-order valence-electron chi connectivity index (χ3n) is 5.35. The van der Waals surface area contributed by atoms with Crippen LogP contribution in [0.5, 0.6) is 0 Å². The molecule has 1 fully saturated rings. The van der Waals surface area contributed by atoms with E-state index in [0.29, 0.717) is 0 Å². The molecule has 3 rings (SSSR count). The molecule has 32 heavy (non-hydrogen) atoms. The number of anilines is 1. The highest BCUT2D eigenvalue weighted by Crippen LogP contribution is 2.23. The summed E-state index contributed by atoms with van der Waals surface area (Å²) in [6, 6.07) is 13.2. The SMILES string of the molecule is CS(=O)(=O)N(CC(=O)NCc1cccc(CN2CCCCC2)c1)c1cccc([N+](=O)[O-])c1. The molecule has 2 aromatic carbocycles. The molecule has 0 atom stereocenters. The molecule has 0 radical (unpaired) electrons. The van der Waals surface area contributed by atoms with Crippen LogP contribution in [0.15, 0.2) is 48.5 Å². The molecular weight excluding hydrogens is 432 g/mol. The molecule has 0 unspecified atom stereocenters. The fourth-order valence-electron chi connectivity index (χ4n) is 3.76. The number of likely N-dealkylation sites (tertiary alicyclic amines) is 1. The molecule has 2 aromatic rings. The van der Waals surface area contributed by atoms with Crippen molar-refractivity contribution in [3.8, 4) is 0 Å². The maximum Gasteiger partial charge on any atom is 0.271 e. The molecule has 10 heteroatoms. The van der Waals surface area contributed by atoms with Crippen LogP contribution in [0, 0.1) is 10.1 Å². The predicted molar refractivity (Wildman–Crippen MR) is 123 cm³/mol. The van der Waals surface area contributed by atoms with E-state index in [0.717, 1.165) is 41.8 Å². The van der Waals surface area contributed by atoms with Crippen molar-refractivity contribution in [2.75, 3.05) is 30.2 Å². The Kier molecular flexibility index (Phi) is 7.81. The molecule has 0 bridgehead atoms. The number of nitro groups is 1. The molecule has 0 aliphatic carbocycles. The lowest BCUT2D eigenvalue weighted by Crippen LogP contribution is -2.40. The molecule has 1 saturated heterocycles. The average molecular weight is 461 g/mol. The van der Waals surface area contributed by atoms with Crippen LogP contribution in [-0.2, 0) is 27.9 Å². The van der Waals surface area contributed by atoms with E-state index in [-0.39, 0.29) is 17.9 Å². The molecule has 0 aromatic heterocycles. The number of non-ortho nitro benzene ring substituents is 1. The monoisotopic (exact) mass is 460 g/mol. The van der Waals surface area contributed by atoms with Crippen molar-refractivity contribution in [1.29, 1.82) is 0 Å². The highest BCUT2D eigenvalue weighted by atomic mass is 32.2. The van der Waals surface area contributed by atoms with Crippen LogP contribution in [0.4, 0.5) is 11.4 Å². The van der Waals surface area contributed by atoms with Crippen molar-refractivity contribution < 1.29 is 18.1 Å². The first-order chi connectivity index (χ1) is 15.2. The van der Waals surface area contributed by atoms with Gasteiger partial charge in [-0.2, -0.15) is 0 Å². The summed E-state index contributed by atoms with van der Waals surface area (Å²) in [7, 11) is -3.82. The van der Waals surface area contributed by atoms with Gasteiger partial charge in [-0.1, -0.05) is 36.8 Å². The second kappa shape index (κ2) is 10.6. The van der Waals surface area contributed by atoms with E-state index >= 15 is 0 Å². The molecule has 0 saturated carbocycles. The minimum absolute atomic E-state index is 0.0698. The lowest BCUT2D eigenvalue weighted by Gasteiger charge is -2.26. The van der Waals surface area contributed by atoms with Gasteiger partial charge < -0.3 is 5.32 Å². The number of hydrogen-bond donors (Lipinski definition) is 1. The first-order valence-corrected chi connectivity index (χ1v) is 12.4. The lowest BCUT2D eigenvalue weighted by atomic mass is 10.1. The highest BCUT2D eigenvalue weighted by Gasteiger charge is 2.22. The zero-order valence-corrected chi connectivity index (χ0v) is 18.9. The molecule has 1 aliphatic heterocycles. The summed E-state index contributed by atoms with van der Waals surface area (Å²) in [5.74, 6) is -0.497. The number of sulfonamides is 1. The number of piperidine rings is 1. The van der Waals surface area contributed by atoms with Gasteiger partial charge in [-0.3, -0.25) is 24.1 Å². The number of carbonyl (C=O) groups is 1. The van der Waals surface area contributed by atoms with Crippen molar-refractivity contribution in [1.82, 2.24) is 10.2 Å². The van der Waals surface area contributed by atoms with Gasteiger partial charge in [-0.15, -0.1) is 0 Å². The first-order valence-electron chi connectivity index (χ1n) is 10.5. The molecule has 1 amide bonds. The summed E-state index contributed by atoms with van der Waals surface area (Å²) in [5, 5.41) is 13.8. The summed E-state index contributed by atoms with van der Waals surface area (Å²) >= 11 is 0. The van der Waals surface area contributed by atoms with Crippen LogP contribution in [0.2, 0.25) is 0 Å². The minimum atomic E-state index is -3.82. The van der Waals surface area contributed by atoms with Gasteiger partial charge in [0.05, 0.1) is 16.9 Å². The summed E-state index contributed by atoms with van der Waals surface area (Å²) in [6.45, 7) is 2.86. The summed E-state index contributed by atoms with van der Waals surface area (Å²) < 4.78 is 25.3. The van der Waals surface area contributed by atoms with Crippen LogP contribution in [0.3, 0.4) is 0 Å². The molecule has 0 spiro atoms. The van der Waals surface area contributed by atoms with Crippen molar-refractivity contribution >= 4 is 27.3 Å². The van der Waals surface area contributed by atoms with Crippen molar-refractivity contribution in [3.05, 3.63) is 69.8 Å². The van der Waals surface area contributed by atoms with Gasteiger partial charge in [-0.05, 0) is 43.1 Å². The van der Waals surface area contributed by atoms with E-state index in [9.17, 15) is 23.3 Å². The number of hydrogen-bond acceptors (Lipinski definition) is 6. The Bertz CT molecular complexity index is 1070. The molecule has 172 valence electrons. The topological polar surface area (TPSA) is 113 Å². The van der Waals surface area contributed by atoms with Gasteiger partial charge in [-0.25, -0.2) is 8.42 Å². The van der Waals surface area contributed by atoms with Crippen LogP contribution >= 0.6 is 0 Å². The van der Waals surface area contributed by atoms with Crippen molar-refractivity contribution in [2.24, 2.45) is 0 Å². The van der Waals surface area contributed by atoms with Gasteiger partial charge in [0.1, 0.15) is 6.54 Å². The molecular formula is C22H28N4O5S. The maximum absolute atomic E-state index is 12.5. The average Bonchev–Trinajstić information content (AvgIpc) is 2.76. The normalized spacial score (nSPS) is 14.7. The Hall–Kier alpha value is -2.98. The smallest absolute Gasteiger partial charge is 0.271 e. The van der Waals surface area contributed by atoms with Crippen molar-refractivity contribution in [3.63, 3.8) is 0 Å². The molecule has 9 nitrogen and oxygen atoms in total. The van der Waals surface area contributed by atoms with E-state index in [2.05, 4.69) is 16.3 Å². The Balaban J connectivity index is 1.63. The Labute approximate surface area is 188 Å². The van der Waals surface area contributed by atoms with Crippen molar-refractivity contribution in [2.45, 2.75) is 32.4 Å². The molecule has 1 aliphatic rings. The number of amides is 1. The van der Waals surface area contributed by atoms with E-state index in [1.807, 2.05) is 18.2 Å². The van der Waals surface area contributed by atoms with Gasteiger partial charge in [0.2, 0.25) is 15.9 Å². The zero-order chi connectivity index (χ0) is 23.1. The maximum atomic E-state index is 12.5. The summed E-state index contributed by atoms with van der Waals surface area (Å²) in [6.07, 6.45) is 4.68. The van der Waals surface area contributed by atoms with Gasteiger partial charge >= 0.3 is 0 Å². The Morgan fingerprint density at radius 3 is 2.47 bits per heavy atom. The van der Waals surface area contributed by atoms with Gasteiger partial charge in [0.25, 0.3) is 5.69 Å². The zero-order valence-electron chi connectivity index (χ0n) is 18.1. The predicted octanol–water partition coefficient (Wildman–Crippen LogP) is 2.66. The van der Waals surface area contributed by atoms with Gasteiger partial charge in [0.15, 0.2) is 0 Å². The largest absolute Gasteiger partial charge is 0.350 e. The summed E-state index contributed by atoms with van der Waals surface area (Å²) in [4.78, 5) is 25.3. The second-order valence-electron chi connectivity index (χ2n) is 7.98. The van der Waals surface area contributed by atoms with E-state index < -0.39 is 27.4 Å². The number of nitro benzene ring substituents is 1. The number of carbonyl (C=O) groups excluding carboxylic acids is 1. The van der Waals surface area contributed by atoms with Gasteiger partial charge in [0, 0.05) is 25.2 Å². The standard InChI is InChI=1S/C22H28N4O5S/c1-32(30,31)25(20-9-6-10-21(14-20)26(28)29)17-22(27)23-15-18-7-5-8-19(13-18)16-24-11-3-2-4-12-24/h5-10,13-14H,2-4,11-12,15-17H2,1H3,(H,23,27). The molecule has 1 N–H and O–H groups in total. The fraction of sp³-hybridized carbons (Fsp3) is 0.409. The van der Waals surface area contributed by atoms with E-state index in [1.54, 1.807) is 0 Å². The van der Waals surface area contributed by atoms with Crippen LogP contribution in [-0.4, -0.2) is 50.0 Å². The Morgan fingerprint density at radius 2 is 1.78 bits per heavy atom. The van der Waals surface area contributed by atoms with E-state index in [4.69, 9.17) is 0 Å². The quantitative estimate of drug-likeness (QED) is 0.455. The lowest BCUT2D eigenvalue weighted by molar-refractivity contribution is -0.384. The number of benzene rings is 2. The van der Waals surface area contributed by atoms with Crippen LogP contribution in [0.1, 0.15) is 30.4 Å². The second-order valence-corrected chi connectivity index (χ2v) is 9.89. The fourth-order valence-corrected chi connectivity index (χ4v) is 4.61. The molecule has 1 heterocycles. The summed E-state index contributed by atoms with van der Waals surface area (Å²) in [5.41, 5.74) is 1.92.